The van der Waals surface area contributed by atoms with Gasteiger partial charge < -0.3 is 10.4 Å². The van der Waals surface area contributed by atoms with E-state index in [0.29, 0.717) is 6.61 Å². The molecule has 3 heteroatoms. The van der Waals surface area contributed by atoms with Gasteiger partial charge in [-0.2, -0.15) is 0 Å². The lowest BCUT2D eigenvalue weighted by atomic mass is 9.63. The Bertz CT molecular complexity index is 287. The minimum Gasteiger partial charge on any atom is -0.427 e. The summed E-state index contributed by atoms with van der Waals surface area (Å²) in [7, 11) is 0. The van der Waals surface area contributed by atoms with E-state index in [1.807, 2.05) is 19.0 Å². The lowest BCUT2D eigenvalue weighted by Crippen LogP contribution is -2.27. The average Bonchev–Trinajstić information content (AvgIpc) is 2.34. The molecule has 0 spiro atoms. The van der Waals surface area contributed by atoms with E-state index in [1.54, 1.807) is 0 Å². The van der Waals surface area contributed by atoms with Crippen molar-refractivity contribution in [2.24, 2.45) is 0 Å². The highest BCUT2D eigenvalue weighted by Gasteiger charge is 2.24. The first-order valence-corrected chi connectivity index (χ1v) is 3.78. The summed E-state index contributed by atoms with van der Waals surface area (Å²) in [5, 5.41) is 0. The number of fused-ring (bicyclic) bond motifs is 1. The monoisotopic (exact) mass is 147 g/mol. The zero-order valence-electron chi connectivity index (χ0n) is 6.50. The molecule has 11 heavy (non-hydrogen) atoms. The summed E-state index contributed by atoms with van der Waals surface area (Å²) < 4.78 is 5.42. The molecule has 0 aromatic heterocycles. The molecule has 0 bridgehead atoms. The highest BCUT2D eigenvalue weighted by molar-refractivity contribution is 6.69. The van der Waals surface area contributed by atoms with Crippen molar-refractivity contribution in [2.75, 3.05) is 5.73 Å². The number of nitrogen functional groups attached to an aromatic ring is 1. The van der Waals surface area contributed by atoms with Crippen LogP contribution >= 0.6 is 0 Å². The number of hydrogen-bond donors (Lipinski definition) is 1. The summed E-state index contributed by atoms with van der Waals surface area (Å²) in [6.45, 7) is 2.91. The smallest absolute Gasteiger partial charge is 0.326 e. The topological polar surface area (TPSA) is 35.2 Å². The Morgan fingerprint density at radius 2 is 2.36 bits per heavy atom. The van der Waals surface area contributed by atoms with Gasteiger partial charge in [0.15, 0.2) is 0 Å². The van der Waals surface area contributed by atoms with E-state index in [9.17, 15) is 0 Å². The van der Waals surface area contributed by atoms with Crippen LogP contribution in [0.3, 0.4) is 0 Å². The lowest BCUT2D eigenvalue weighted by molar-refractivity contribution is 0.333. The number of hydrogen-bond acceptors (Lipinski definition) is 2. The van der Waals surface area contributed by atoms with E-state index in [1.165, 1.54) is 11.0 Å². The number of anilines is 1. The quantitative estimate of drug-likeness (QED) is 0.431. The van der Waals surface area contributed by atoms with E-state index in [-0.39, 0.29) is 6.92 Å². The van der Waals surface area contributed by atoms with Gasteiger partial charge in [0.05, 0.1) is 6.61 Å². The second kappa shape index (κ2) is 2.27. The summed E-state index contributed by atoms with van der Waals surface area (Å²) in [6, 6.07) is 5.95. The number of rotatable bonds is 0. The van der Waals surface area contributed by atoms with Crippen LogP contribution in [0.4, 0.5) is 5.69 Å². The molecule has 0 unspecified atom stereocenters. The molecule has 1 aliphatic heterocycles. The van der Waals surface area contributed by atoms with Gasteiger partial charge in [-0.05, 0) is 17.1 Å². The van der Waals surface area contributed by atoms with Crippen molar-refractivity contribution in [2.45, 2.75) is 13.4 Å². The van der Waals surface area contributed by atoms with Gasteiger partial charge in [0.25, 0.3) is 0 Å². The van der Waals surface area contributed by atoms with Crippen LogP contribution < -0.4 is 11.2 Å². The van der Waals surface area contributed by atoms with Crippen molar-refractivity contribution in [1.29, 1.82) is 0 Å². The number of benzene rings is 1. The van der Waals surface area contributed by atoms with Crippen LogP contribution in [0, 0.1) is 0 Å². The summed E-state index contributed by atoms with van der Waals surface area (Å²) >= 11 is 0. The fraction of sp³-hybridized carbons (Fsp3) is 0.250. The molecule has 2 rings (SSSR count). The maximum Gasteiger partial charge on any atom is 0.326 e. The molecule has 56 valence electrons. The van der Waals surface area contributed by atoms with E-state index in [2.05, 4.69) is 6.07 Å². The molecule has 0 aliphatic carbocycles. The maximum atomic E-state index is 5.78. The minimum atomic E-state index is 0.172. The van der Waals surface area contributed by atoms with Crippen molar-refractivity contribution in [3.8, 4) is 0 Å². The second-order valence-electron chi connectivity index (χ2n) is 2.87. The molecule has 0 atom stereocenters. The van der Waals surface area contributed by atoms with Crippen molar-refractivity contribution in [1.82, 2.24) is 0 Å². The minimum absolute atomic E-state index is 0.172. The van der Waals surface area contributed by atoms with Crippen LogP contribution in [0.1, 0.15) is 5.56 Å². The summed E-state index contributed by atoms with van der Waals surface area (Å²) in [4.78, 5) is 0. The Morgan fingerprint density at radius 3 is 3.09 bits per heavy atom. The highest BCUT2D eigenvalue weighted by Crippen LogP contribution is 2.14. The molecule has 0 radical (unpaired) electrons. The average molecular weight is 147 g/mol. The molecular weight excluding hydrogens is 137 g/mol. The van der Waals surface area contributed by atoms with Gasteiger partial charge >= 0.3 is 6.92 Å². The first kappa shape index (κ1) is 6.74. The molecule has 0 amide bonds. The van der Waals surface area contributed by atoms with Crippen molar-refractivity contribution in [3.63, 3.8) is 0 Å². The zero-order chi connectivity index (χ0) is 7.84. The standard InChI is InChI=1S/C8H10BNO/c1-9-8-6(5-11-9)3-2-4-7(8)10/h2-4H,5,10H2,1H3. The molecule has 2 nitrogen and oxygen atoms in total. The SMILES string of the molecule is CB1OCc2cccc(N)c21. The summed E-state index contributed by atoms with van der Waals surface area (Å²) in [6.07, 6.45) is 0. The lowest BCUT2D eigenvalue weighted by Gasteiger charge is -2.02. The van der Waals surface area contributed by atoms with Crippen LogP contribution in [0.5, 0.6) is 0 Å². The van der Waals surface area contributed by atoms with Crippen molar-refractivity contribution < 1.29 is 4.65 Å². The van der Waals surface area contributed by atoms with Gasteiger partial charge in [-0.1, -0.05) is 19.0 Å². The molecule has 0 saturated heterocycles. The van der Waals surface area contributed by atoms with Gasteiger partial charge in [-0.15, -0.1) is 0 Å². The molecule has 0 fully saturated rings. The van der Waals surface area contributed by atoms with Gasteiger partial charge in [0, 0.05) is 5.69 Å². The van der Waals surface area contributed by atoms with E-state index >= 15 is 0 Å². The fourth-order valence-corrected chi connectivity index (χ4v) is 1.55. The van der Waals surface area contributed by atoms with Gasteiger partial charge in [-0.3, -0.25) is 0 Å². The maximum absolute atomic E-state index is 5.78. The Labute approximate surface area is 66.5 Å². The summed E-state index contributed by atoms with van der Waals surface area (Å²) in [5.74, 6) is 0. The third kappa shape index (κ3) is 0.924. The van der Waals surface area contributed by atoms with Crippen LogP contribution in [0.2, 0.25) is 6.82 Å². The highest BCUT2D eigenvalue weighted by atomic mass is 16.4. The Hall–Kier alpha value is -0.955. The molecule has 1 aliphatic rings. The number of nitrogens with two attached hydrogens (primary N) is 1. The molecule has 2 N–H and O–H groups in total. The second-order valence-corrected chi connectivity index (χ2v) is 2.87. The largest absolute Gasteiger partial charge is 0.427 e. The fourth-order valence-electron chi connectivity index (χ4n) is 1.55. The van der Waals surface area contributed by atoms with Crippen LogP contribution in [0.15, 0.2) is 18.2 Å². The third-order valence-electron chi connectivity index (χ3n) is 2.13. The van der Waals surface area contributed by atoms with E-state index < -0.39 is 0 Å². The van der Waals surface area contributed by atoms with Gasteiger partial charge in [0.1, 0.15) is 0 Å². The van der Waals surface area contributed by atoms with Gasteiger partial charge in [0.2, 0.25) is 0 Å². The van der Waals surface area contributed by atoms with Crippen molar-refractivity contribution >= 4 is 18.1 Å². The molecule has 0 saturated carbocycles. The molecule has 1 heterocycles. The Morgan fingerprint density at radius 1 is 1.55 bits per heavy atom. The van der Waals surface area contributed by atoms with E-state index in [4.69, 9.17) is 10.4 Å². The van der Waals surface area contributed by atoms with E-state index in [0.717, 1.165) is 5.69 Å². The predicted octanol–water partition coefficient (Wildman–Crippen LogP) is 0.627. The molecule has 1 aromatic carbocycles. The summed E-state index contributed by atoms with van der Waals surface area (Å²) in [5.41, 5.74) is 9.04. The Balaban J connectivity index is 2.58. The van der Waals surface area contributed by atoms with Crippen LogP contribution in [-0.4, -0.2) is 6.92 Å². The Kier molecular flexibility index (Phi) is 1.39. The first-order valence-electron chi connectivity index (χ1n) is 3.78. The normalized spacial score (nSPS) is 15.2. The zero-order valence-corrected chi connectivity index (χ0v) is 6.50. The third-order valence-corrected chi connectivity index (χ3v) is 2.13. The van der Waals surface area contributed by atoms with Gasteiger partial charge in [-0.25, -0.2) is 0 Å². The molecule has 1 aromatic rings. The van der Waals surface area contributed by atoms with Crippen LogP contribution in [-0.2, 0) is 11.3 Å². The van der Waals surface area contributed by atoms with Crippen LogP contribution in [0.25, 0.3) is 0 Å². The predicted molar refractivity (Wildman–Crippen MR) is 46.9 cm³/mol. The first-order chi connectivity index (χ1) is 5.29. The molecular formula is C8H10BNO. The van der Waals surface area contributed by atoms with Crippen molar-refractivity contribution in [3.05, 3.63) is 23.8 Å².